The van der Waals surface area contributed by atoms with Gasteiger partial charge in [-0.2, -0.15) is 0 Å². The Morgan fingerprint density at radius 2 is 2.13 bits per heavy atom. The first-order chi connectivity index (χ1) is 11.1. The van der Waals surface area contributed by atoms with Crippen LogP contribution in [0.25, 0.3) is 0 Å². The molecule has 0 unspecified atom stereocenters. The van der Waals surface area contributed by atoms with Gasteiger partial charge in [-0.05, 0) is 55.7 Å². The molecule has 0 aliphatic carbocycles. The van der Waals surface area contributed by atoms with Gasteiger partial charge in [0.25, 0.3) is 5.91 Å². The van der Waals surface area contributed by atoms with Crippen molar-refractivity contribution in [3.05, 3.63) is 59.7 Å². The third-order valence-corrected chi connectivity index (χ3v) is 4.03. The summed E-state index contributed by atoms with van der Waals surface area (Å²) in [5.41, 5.74) is 1.70. The number of carbonyl (C=O) groups excluding carboxylic acids is 1. The van der Waals surface area contributed by atoms with Gasteiger partial charge in [-0.3, -0.25) is 9.78 Å². The van der Waals surface area contributed by atoms with E-state index in [2.05, 4.69) is 4.98 Å². The quantitative estimate of drug-likeness (QED) is 0.869. The van der Waals surface area contributed by atoms with Crippen LogP contribution in [0.4, 0.5) is 10.1 Å². The number of ether oxygens (including phenoxy) is 1. The second kappa shape index (κ2) is 6.87. The van der Waals surface area contributed by atoms with Crippen LogP contribution in [0.15, 0.2) is 42.7 Å². The largest absolute Gasteiger partial charge is 0.376 e. The van der Waals surface area contributed by atoms with Crippen LogP contribution in [0.2, 0.25) is 0 Å². The third-order valence-electron chi connectivity index (χ3n) is 4.03. The van der Waals surface area contributed by atoms with Crippen molar-refractivity contribution in [2.45, 2.75) is 25.9 Å². The van der Waals surface area contributed by atoms with E-state index in [4.69, 9.17) is 4.74 Å². The van der Waals surface area contributed by atoms with Crippen molar-refractivity contribution in [2.24, 2.45) is 0 Å². The highest BCUT2D eigenvalue weighted by Gasteiger charge is 2.25. The second-order valence-corrected chi connectivity index (χ2v) is 5.72. The normalized spacial score (nSPS) is 17.2. The molecule has 0 N–H and O–H groups in total. The van der Waals surface area contributed by atoms with E-state index in [0.717, 1.165) is 25.1 Å². The van der Waals surface area contributed by atoms with Crippen LogP contribution in [-0.4, -0.2) is 30.1 Å². The molecule has 2 aromatic rings. The first-order valence-electron chi connectivity index (χ1n) is 7.75. The number of amides is 1. The maximum atomic E-state index is 13.5. The van der Waals surface area contributed by atoms with Gasteiger partial charge in [0.15, 0.2) is 0 Å². The van der Waals surface area contributed by atoms with E-state index in [0.29, 0.717) is 17.7 Å². The number of hydrogen-bond acceptors (Lipinski definition) is 3. The van der Waals surface area contributed by atoms with Crippen LogP contribution in [0.1, 0.15) is 28.8 Å². The Balaban J connectivity index is 1.89. The Hall–Kier alpha value is -2.27. The fraction of sp³-hybridized carbons (Fsp3) is 0.333. The molecule has 1 amide bonds. The minimum absolute atomic E-state index is 0.0358. The summed E-state index contributed by atoms with van der Waals surface area (Å²) in [4.78, 5) is 18.6. The summed E-state index contributed by atoms with van der Waals surface area (Å²) >= 11 is 0. The number of halogens is 1. The molecule has 1 aliphatic heterocycles. The van der Waals surface area contributed by atoms with Gasteiger partial charge in [-0.25, -0.2) is 4.39 Å². The molecule has 2 heterocycles. The molecule has 4 nitrogen and oxygen atoms in total. The van der Waals surface area contributed by atoms with Crippen LogP contribution in [0.5, 0.6) is 0 Å². The molecule has 0 radical (unpaired) electrons. The summed E-state index contributed by atoms with van der Waals surface area (Å²) in [6.07, 6.45) is 5.30. The van der Waals surface area contributed by atoms with Gasteiger partial charge < -0.3 is 9.64 Å². The summed E-state index contributed by atoms with van der Waals surface area (Å²) in [6, 6.07) is 8.03. The molecule has 1 aromatic heterocycles. The highest BCUT2D eigenvalue weighted by molar-refractivity contribution is 6.06. The third kappa shape index (κ3) is 3.56. The molecule has 0 spiro atoms. The van der Waals surface area contributed by atoms with Crippen LogP contribution in [0.3, 0.4) is 0 Å². The van der Waals surface area contributed by atoms with E-state index in [1.54, 1.807) is 42.4 Å². The average molecular weight is 314 g/mol. The highest BCUT2D eigenvalue weighted by atomic mass is 19.1. The predicted molar refractivity (Wildman–Crippen MR) is 86.0 cm³/mol. The second-order valence-electron chi connectivity index (χ2n) is 5.72. The first-order valence-corrected chi connectivity index (χ1v) is 7.75. The van der Waals surface area contributed by atoms with Crippen molar-refractivity contribution < 1.29 is 13.9 Å². The van der Waals surface area contributed by atoms with Crippen molar-refractivity contribution >= 4 is 11.6 Å². The van der Waals surface area contributed by atoms with Crippen LogP contribution in [-0.2, 0) is 4.74 Å². The first kappa shape index (κ1) is 15.6. The Labute approximate surface area is 134 Å². The van der Waals surface area contributed by atoms with E-state index >= 15 is 0 Å². The number of pyridine rings is 1. The van der Waals surface area contributed by atoms with Gasteiger partial charge in [0.05, 0.1) is 12.6 Å². The maximum absolute atomic E-state index is 13.5. The van der Waals surface area contributed by atoms with Gasteiger partial charge in [0, 0.05) is 30.3 Å². The number of anilines is 1. The molecule has 23 heavy (non-hydrogen) atoms. The zero-order valence-electron chi connectivity index (χ0n) is 13.0. The monoisotopic (exact) mass is 314 g/mol. The molecule has 1 atom stereocenters. The molecule has 120 valence electrons. The lowest BCUT2D eigenvalue weighted by molar-refractivity contribution is 0.0917. The van der Waals surface area contributed by atoms with Crippen LogP contribution < -0.4 is 4.90 Å². The van der Waals surface area contributed by atoms with Gasteiger partial charge in [-0.1, -0.05) is 0 Å². The molecule has 1 saturated heterocycles. The number of aromatic nitrogens is 1. The zero-order chi connectivity index (χ0) is 16.2. The highest BCUT2D eigenvalue weighted by Crippen LogP contribution is 2.21. The molecule has 1 aromatic carbocycles. The number of rotatable bonds is 4. The predicted octanol–water partition coefficient (Wildman–Crippen LogP) is 3.35. The lowest BCUT2D eigenvalue weighted by Gasteiger charge is -2.25. The summed E-state index contributed by atoms with van der Waals surface area (Å²) in [5, 5.41) is 0. The van der Waals surface area contributed by atoms with Crippen molar-refractivity contribution in [1.29, 1.82) is 0 Å². The lowest BCUT2D eigenvalue weighted by atomic mass is 10.1. The Morgan fingerprint density at radius 3 is 2.78 bits per heavy atom. The van der Waals surface area contributed by atoms with E-state index in [-0.39, 0.29) is 17.8 Å². The molecule has 1 aliphatic rings. The number of nitrogens with zero attached hydrogens (tertiary/aromatic N) is 2. The van der Waals surface area contributed by atoms with E-state index in [9.17, 15) is 9.18 Å². The number of benzene rings is 1. The minimum Gasteiger partial charge on any atom is -0.376 e. The molecular weight excluding hydrogens is 295 g/mol. The summed E-state index contributed by atoms with van der Waals surface area (Å²) in [7, 11) is 0. The molecule has 5 heteroatoms. The van der Waals surface area contributed by atoms with E-state index in [1.807, 2.05) is 0 Å². The molecule has 0 bridgehead atoms. The van der Waals surface area contributed by atoms with Crippen molar-refractivity contribution in [3.8, 4) is 0 Å². The van der Waals surface area contributed by atoms with Gasteiger partial charge in [0.1, 0.15) is 5.82 Å². The summed E-state index contributed by atoms with van der Waals surface area (Å²) < 4.78 is 19.1. The van der Waals surface area contributed by atoms with Gasteiger partial charge >= 0.3 is 0 Å². The molecular formula is C18H19FN2O2. The average Bonchev–Trinajstić information content (AvgIpc) is 3.08. The number of aryl methyl sites for hydroxylation is 1. The SMILES string of the molecule is Cc1cc(C(=O)N(C[C@H]2CCCO2)c2ccncc2)ccc1F. The summed E-state index contributed by atoms with van der Waals surface area (Å²) in [6.45, 7) is 2.88. The minimum atomic E-state index is -0.309. The maximum Gasteiger partial charge on any atom is 0.258 e. The Morgan fingerprint density at radius 1 is 1.35 bits per heavy atom. The summed E-state index contributed by atoms with van der Waals surface area (Å²) in [5.74, 6) is -0.467. The smallest absolute Gasteiger partial charge is 0.258 e. The van der Waals surface area contributed by atoms with E-state index < -0.39 is 0 Å². The van der Waals surface area contributed by atoms with Crippen LogP contribution in [0, 0.1) is 12.7 Å². The van der Waals surface area contributed by atoms with Crippen molar-refractivity contribution in [2.75, 3.05) is 18.1 Å². The van der Waals surface area contributed by atoms with Crippen molar-refractivity contribution in [1.82, 2.24) is 4.98 Å². The van der Waals surface area contributed by atoms with Crippen molar-refractivity contribution in [3.63, 3.8) is 0 Å². The number of carbonyl (C=O) groups is 1. The number of hydrogen-bond donors (Lipinski definition) is 0. The molecule has 3 rings (SSSR count). The van der Waals surface area contributed by atoms with Gasteiger partial charge in [-0.15, -0.1) is 0 Å². The van der Waals surface area contributed by atoms with E-state index in [1.165, 1.54) is 12.1 Å². The zero-order valence-corrected chi connectivity index (χ0v) is 13.0. The topological polar surface area (TPSA) is 42.4 Å². The Bertz CT molecular complexity index is 685. The van der Waals surface area contributed by atoms with Gasteiger partial charge in [0.2, 0.25) is 0 Å². The lowest BCUT2D eigenvalue weighted by Crippen LogP contribution is -2.37. The standard InChI is InChI=1S/C18H19FN2O2/c1-13-11-14(4-5-17(13)19)18(22)21(12-16-3-2-10-23-16)15-6-8-20-9-7-15/h4-9,11,16H,2-3,10,12H2,1H3/t16-/m1/s1. The fourth-order valence-corrected chi connectivity index (χ4v) is 2.76. The molecule has 1 fully saturated rings. The molecule has 0 saturated carbocycles. The Kier molecular flexibility index (Phi) is 4.67. The van der Waals surface area contributed by atoms with Crippen LogP contribution >= 0.6 is 0 Å². The fourth-order valence-electron chi connectivity index (χ4n) is 2.76.